The lowest BCUT2D eigenvalue weighted by Gasteiger charge is -2.09. The van der Waals surface area contributed by atoms with Gasteiger partial charge in [0, 0.05) is 27.3 Å². The Morgan fingerprint density at radius 1 is 1.29 bits per heavy atom. The second-order valence-corrected chi connectivity index (χ2v) is 7.86. The highest BCUT2D eigenvalue weighted by molar-refractivity contribution is 9.10. The summed E-state index contributed by atoms with van der Waals surface area (Å²) >= 11 is 4.73. The summed E-state index contributed by atoms with van der Waals surface area (Å²) in [5, 5.41) is 4.62. The average Bonchev–Trinajstić information content (AvgIpc) is 2.87. The van der Waals surface area contributed by atoms with E-state index in [2.05, 4.69) is 26.0 Å². The standard InChI is InChI=1S/C13H15BrN2O3S2/c1-15-7-12-6-13(8-20-12)21(17,18)16-10-3-9(14)4-11(5-10)19-2/h3-6,8,15-16H,7H2,1-2H3. The van der Waals surface area contributed by atoms with Crippen molar-refractivity contribution in [1.82, 2.24) is 5.32 Å². The molecule has 0 spiro atoms. The minimum Gasteiger partial charge on any atom is -0.497 e. The molecule has 0 aliphatic heterocycles. The second-order valence-electron chi connectivity index (χ2n) is 4.26. The van der Waals surface area contributed by atoms with Gasteiger partial charge >= 0.3 is 0 Å². The normalized spacial score (nSPS) is 11.4. The molecule has 0 saturated carbocycles. The number of methoxy groups -OCH3 is 1. The van der Waals surface area contributed by atoms with Gasteiger partial charge in [0.05, 0.1) is 17.7 Å². The van der Waals surface area contributed by atoms with Gasteiger partial charge in [-0.05, 0) is 25.2 Å². The number of thiophene rings is 1. The number of hydrogen-bond donors (Lipinski definition) is 2. The van der Waals surface area contributed by atoms with Gasteiger partial charge in [-0.25, -0.2) is 8.42 Å². The molecule has 2 N–H and O–H groups in total. The van der Waals surface area contributed by atoms with Gasteiger partial charge in [0.25, 0.3) is 10.0 Å². The first kappa shape index (κ1) is 16.3. The molecular formula is C13H15BrN2O3S2. The molecule has 0 bridgehead atoms. The van der Waals surface area contributed by atoms with E-state index in [-0.39, 0.29) is 4.90 Å². The Morgan fingerprint density at radius 3 is 2.71 bits per heavy atom. The van der Waals surface area contributed by atoms with Crippen molar-refractivity contribution >= 4 is 43.0 Å². The van der Waals surface area contributed by atoms with Crippen molar-refractivity contribution in [3.63, 3.8) is 0 Å². The zero-order chi connectivity index (χ0) is 15.5. The lowest BCUT2D eigenvalue weighted by Crippen LogP contribution is -2.12. The van der Waals surface area contributed by atoms with Gasteiger partial charge in [-0.1, -0.05) is 15.9 Å². The molecule has 2 rings (SSSR count). The summed E-state index contributed by atoms with van der Waals surface area (Å²) in [7, 11) is -0.246. The molecule has 1 heterocycles. The number of halogens is 1. The minimum absolute atomic E-state index is 0.261. The first-order chi connectivity index (χ1) is 9.94. The van der Waals surface area contributed by atoms with Gasteiger partial charge < -0.3 is 10.1 Å². The first-order valence-corrected chi connectivity index (χ1v) is 9.19. The third-order valence-corrected chi connectivity index (χ3v) is 5.55. The van der Waals surface area contributed by atoms with Crippen LogP contribution in [0.15, 0.2) is 39.0 Å². The van der Waals surface area contributed by atoms with E-state index < -0.39 is 10.0 Å². The van der Waals surface area contributed by atoms with Crippen LogP contribution in [-0.2, 0) is 16.6 Å². The molecule has 0 amide bonds. The predicted octanol–water partition coefficient (Wildman–Crippen LogP) is 3.04. The highest BCUT2D eigenvalue weighted by atomic mass is 79.9. The van der Waals surface area contributed by atoms with Gasteiger partial charge in [-0.3, -0.25) is 4.72 Å². The Balaban J connectivity index is 2.26. The number of ether oxygens (including phenoxy) is 1. The summed E-state index contributed by atoms with van der Waals surface area (Å²) in [6, 6.07) is 6.73. The van der Waals surface area contributed by atoms with E-state index in [1.165, 1.54) is 18.4 Å². The van der Waals surface area contributed by atoms with Crippen LogP contribution in [-0.4, -0.2) is 22.6 Å². The van der Waals surface area contributed by atoms with Crippen molar-refractivity contribution < 1.29 is 13.2 Å². The molecule has 21 heavy (non-hydrogen) atoms. The molecule has 0 aliphatic rings. The van der Waals surface area contributed by atoms with Crippen molar-refractivity contribution in [3.05, 3.63) is 39.0 Å². The van der Waals surface area contributed by atoms with E-state index in [1.807, 2.05) is 7.05 Å². The smallest absolute Gasteiger partial charge is 0.262 e. The summed E-state index contributed by atoms with van der Waals surface area (Å²) in [6.45, 7) is 0.644. The molecular weight excluding hydrogens is 376 g/mol. The van der Waals surface area contributed by atoms with Crippen LogP contribution in [0.4, 0.5) is 5.69 Å². The van der Waals surface area contributed by atoms with Gasteiger partial charge in [-0.15, -0.1) is 11.3 Å². The van der Waals surface area contributed by atoms with Gasteiger partial charge in [0.2, 0.25) is 0 Å². The number of benzene rings is 1. The van der Waals surface area contributed by atoms with Crippen LogP contribution in [0.5, 0.6) is 5.75 Å². The topological polar surface area (TPSA) is 67.4 Å². The molecule has 0 saturated heterocycles. The molecule has 8 heteroatoms. The molecule has 0 atom stereocenters. The van der Waals surface area contributed by atoms with Crippen LogP contribution >= 0.6 is 27.3 Å². The summed E-state index contributed by atoms with van der Waals surface area (Å²) in [5.74, 6) is 0.572. The summed E-state index contributed by atoms with van der Waals surface area (Å²) in [6.07, 6.45) is 0. The van der Waals surface area contributed by atoms with Crippen LogP contribution in [0.1, 0.15) is 4.88 Å². The molecule has 2 aromatic rings. The van der Waals surface area contributed by atoms with Crippen molar-refractivity contribution in [2.45, 2.75) is 11.4 Å². The molecule has 0 aliphatic carbocycles. The van der Waals surface area contributed by atoms with Crippen LogP contribution < -0.4 is 14.8 Å². The van der Waals surface area contributed by atoms with E-state index in [0.29, 0.717) is 18.0 Å². The van der Waals surface area contributed by atoms with Gasteiger partial charge in [0.1, 0.15) is 5.75 Å². The van der Waals surface area contributed by atoms with Crippen molar-refractivity contribution in [1.29, 1.82) is 0 Å². The molecule has 0 radical (unpaired) electrons. The second kappa shape index (κ2) is 6.78. The summed E-state index contributed by atoms with van der Waals surface area (Å²) in [5.41, 5.74) is 0.447. The van der Waals surface area contributed by atoms with E-state index in [4.69, 9.17) is 4.74 Å². The maximum Gasteiger partial charge on any atom is 0.262 e. The van der Waals surface area contributed by atoms with Crippen LogP contribution in [0, 0.1) is 0 Å². The number of sulfonamides is 1. The zero-order valence-corrected chi connectivity index (χ0v) is 14.7. The van der Waals surface area contributed by atoms with Crippen LogP contribution in [0.25, 0.3) is 0 Å². The maximum absolute atomic E-state index is 12.3. The van der Waals surface area contributed by atoms with Crippen molar-refractivity contribution in [3.8, 4) is 5.75 Å². The number of nitrogens with one attached hydrogen (secondary N) is 2. The SMILES string of the molecule is CNCc1cc(S(=O)(=O)Nc2cc(Br)cc(OC)c2)cs1. The number of anilines is 1. The fraction of sp³-hybridized carbons (Fsp3) is 0.231. The molecule has 0 fully saturated rings. The van der Waals surface area contributed by atoms with E-state index in [1.54, 1.807) is 29.6 Å². The molecule has 5 nitrogen and oxygen atoms in total. The molecule has 114 valence electrons. The summed E-state index contributed by atoms with van der Waals surface area (Å²) < 4.78 is 33.1. The van der Waals surface area contributed by atoms with Gasteiger partial charge in [-0.2, -0.15) is 0 Å². The Morgan fingerprint density at radius 2 is 2.05 bits per heavy atom. The van der Waals surface area contributed by atoms with E-state index >= 15 is 0 Å². The Labute approximate surface area is 136 Å². The Hall–Kier alpha value is -1.09. The monoisotopic (exact) mass is 390 g/mol. The van der Waals surface area contributed by atoms with Crippen molar-refractivity contribution in [2.75, 3.05) is 18.9 Å². The van der Waals surface area contributed by atoms with E-state index in [9.17, 15) is 8.42 Å². The fourth-order valence-corrected chi connectivity index (χ4v) is 4.52. The maximum atomic E-state index is 12.3. The summed E-state index contributed by atoms with van der Waals surface area (Å²) in [4.78, 5) is 1.22. The Kier molecular flexibility index (Phi) is 5.26. The lowest BCUT2D eigenvalue weighted by molar-refractivity contribution is 0.415. The highest BCUT2D eigenvalue weighted by Crippen LogP contribution is 2.27. The lowest BCUT2D eigenvalue weighted by atomic mass is 10.3. The predicted molar refractivity (Wildman–Crippen MR) is 88.6 cm³/mol. The third-order valence-electron chi connectivity index (χ3n) is 2.65. The highest BCUT2D eigenvalue weighted by Gasteiger charge is 2.17. The number of hydrogen-bond acceptors (Lipinski definition) is 5. The fourth-order valence-electron chi connectivity index (χ4n) is 1.72. The van der Waals surface area contributed by atoms with Crippen molar-refractivity contribution in [2.24, 2.45) is 0 Å². The molecule has 0 unspecified atom stereocenters. The van der Waals surface area contributed by atoms with Gasteiger partial charge in [0.15, 0.2) is 0 Å². The third kappa shape index (κ3) is 4.19. The number of rotatable bonds is 6. The molecule has 1 aromatic heterocycles. The minimum atomic E-state index is -3.60. The Bertz CT molecular complexity index is 729. The first-order valence-electron chi connectivity index (χ1n) is 6.04. The largest absolute Gasteiger partial charge is 0.497 e. The molecule has 1 aromatic carbocycles. The van der Waals surface area contributed by atoms with E-state index in [0.717, 1.165) is 9.35 Å². The quantitative estimate of drug-likeness (QED) is 0.795. The van der Waals surface area contributed by atoms with Crippen LogP contribution in [0.3, 0.4) is 0 Å². The van der Waals surface area contributed by atoms with Crippen LogP contribution in [0.2, 0.25) is 0 Å². The average molecular weight is 391 g/mol. The zero-order valence-electron chi connectivity index (χ0n) is 11.5.